The number of amidine groups is 1. The van der Waals surface area contributed by atoms with E-state index in [4.69, 9.17) is 67.6 Å². The Balaban J connectivity index is 0.862. The lowest BCUT2D eigenvalue weighted by molar-refractivity contribution is -0.185. The van der Waals surface area contributed by atoms with Gasteiger partial charge in [0.25, 0.3) is 5.91 Å². The second-order valence-electron chi connectivity index (χ2n) is 16.8. The Hall–Kier alpha value is -5.71. The summed E-state index contributed by atoms with van der Waals surface area (Å²) in [7, 11) is -5.65. The number of hydrogen-bond donors (Lipinski definition) is 4. The quantitative estimate of drug-likeness (QED) is 0.0120. The highest BCUT2D eigenvalue weighted by Gasteiger charge is 2.34. The molecule has 2 amide bonds. The van der Waals surface area contributed by atoms with Crippen LogP contribution in [0.5, 0.6) is 5.75 Å². The highest BCUT2D eigenvalue weighted by molar-refractivity contribution is 7.85. The van der Waals surface area contributed by atoms with Gasteiger partial charge >= 0.3 is 16.1 Å². The molecule has 0 saturated heterocycles. The molecule has 4 rings (SSSR count). The lowest BCUT2D eigenvalue weighted by atomic mass is 10.0. The molecule has 1 aliphatic heterocycles. The third kappa shape index (κ3) is 26.0. The van der Waals surface area contributed by atoms with Crippen molar-refractivity contribution in [1.82, 2.24) is 20.3 Å². The highest BCUT2D eigenvalue weighted by atomic mass is 32.2. The number of carbonyl (C=O) groups is 3. The molecule has 452 valence electrons. The molecule has 0 atom stereocenters. The summed E-state index contributed by atoms with van der Waals surface area (Å²) < 4.78 is 145. The number of aliphatic hydroxyl groups is 1. The second kappa shape index (κ2) is 38.9. The fourth-order valence-electron chi connectivity index (χ4n) is 6.78. The van der Waals surface area contributed by atoms with Gasteiger partial charge in [0.05, 0.1) is 164 Å². The van der Waals surface area contributed by atoms with Gasteiger partial charge in [0.2, 0.25) is 23.3 Å². The number of halogens is 4. The molecule has 0 saturated carbocycles. The molecule has 2 heterocycles. The molecule has 0 unspecified atom stereocenters. The summed E-state index contributed by atoms with van der Waals surface area (Å²) in [6.45, 7) is 7.83. The van der Waals surface area contributed by atoms with E-state index in [2.05, 4.69) is 25.0 Å². The minimum Gasteiger partial charge on any atom is -0.420 e. The van der Waals surface area contributed by atoms with Crippen LogP contribution in [0.1, 0.15) is 44.0 Å². The van der Waals surface area contributed by atoms with E-state index in [1.807, 2.05) is 25.1 Å². The minimum absolute atomic E-state index is 0.00139. The number of fused-ring (bicyclic) bond motifs is 1. The molecule has 81 heavy (non-hydrogen) atoms. The van der Waals surface area contributed by atoms with Gasteiger partial charge in [-0.25, -0.2) is 28.8 Å². The van der Waals surface area contributed by atoms with E-state index in [9.17, 15) is 40.4 Å². The normalized spacial score (nSPS) is 12.4. The third-order valence-corrected chi connectivity index (χ3v) is 11.5. The van der Waals surface area contributed by atoms with Gasteiger partial charge < -0.3 is 68.3 Å². The van der Waals surface area contributed by atoms with Crippen LogP contribution < -0.4 is 15.8 Å². The molecule has 3 aromatic rings. The zero-order chi connectivity index (χ0) is 58.7. The molecule has 2 aromatic carbocycles. The predicted molar refractivity (Wildman–Crippen MR) is 277 cm³/mol. The van der Waals surface area contributed by atoms with E-state index in [1.54, 1.807) is 18.5 Å². The molecule has 0 spiro atoms. The average molecular weight is 1180 g/mol. The van der Waals surface area contributed by atoms with Gasteiger partial charge in [-0.15, -0.1) is 0 Å². The fraction of sp³-hybridized carbons (Fsp3) is 0.569. The number of benzene rings is 2. The maximum absolute atomic E-state index is 14.0. The van der Waals surface area contributed by atoms with Gasteiger partial charge in [0.1, 0.15) is 11.7 Å². The van der Waals surface area contributed by atoms with Crippen molar-refractivity contribution < 1.29 is 107 Å². The topological polar surface area (TPSA) is 316 Å². The van der Waals surface area contributed by atoms with Crippen LogP contribution in [-0.2, 0) is 83.3 Å². The van der Waals surface area contributed by atoms with Crippen LogP contribution in [0.25, 0.3) is 17.2 Å². The molecule has 25 nitrogen and oxygen atoms in total. The summed E-state index contributed by atoms with van der Waals surface area (Å²) in [5.41, 5.74) is 9.43. The van der Waals surface area contributed by atoms with E-state index in [1.165, 1.54) is 5.06 Å². The summed E-state index contributed by atoms with van der Waals surface area (Å²) in [4.78, 5) is 53.9. The zero-order valence-electron chi connectivity index (χ0n) is 44.9. The van der Waals surface area contributed by atoms with Crippen LogP contribution in [0.4, 0.5) is 23.2 Å². The van der Waals surface area contributed by atoms with Gasteiger partial charge in [0.15, 0.2) is 16.5 Å². The van der Waals surface area contributed by atoms with E-state index in [0.29, 0.717) is 128 Å². The largest absolute Gasteiger partial charge is 0.420 e. The number of nitrogens with zero attached hydrogens (tertiary/aromatic N) is 4. The van der Waals surface area contributed by atoms with Gasteiger partial charge in [-0.3, -0.25) is 23.8 Å². The number of hydroxylamine groups is 2. The maximum atomic E-state index is 14.0. The van der Waals surface area contributed by atoms with Gasteiger partial charge in [-0.1, -0.05) is 19.1 Å². The van der Waals surface area contributed by atoms with Crippen molar-refractivity contribution in [1.29, 1.82) is 0 Å². The summed E-state index contributed by atoms with van der Waals surface area (Å²) in [5.74, 6) is -12.5. The van der Waals surface area contributed by atoms with Crippen LogP contribution in [0.15, 0.2) is 46.1 Å². The molecule has 0 fully saturated rings. The van der Waals surface area contributed by atoms with Crippen molar-refractivity contribution in [2.75, 3.05) is 152 Å². The standard InChI is InChI=1S/C51H70F4N6O19S/c1-2-7-61(79-11-8-62)51(65)38-30-37-4-3-36(31-40(37)60-41(56)32-38)39-33-57-42(58-34-39)35-59-43(63)5-9-69-12-14-71-16-18-73-20-22-75-24-26-77-28-29-78-27-25-76-23-21-74-19-17-72-15-13-70-10-6-44(64)80-49-45(52)47(54)50(81(66,67)68)48(55)46(49)53/h3-4,30-31,33-34,62H,2,5-29,32,35H2,1H3,(H2,56,60)(H,59,63)(H,66,67,68). The van der Waals surface area contributed by atoms with E-state index in [0.717, 1.165) is 11.1 Å². The molecule has 5 N–H and O–H groups in total. The first kappa shape index (κ1) is 67.8. The first-order valence-corrected chi connectivity index (χ1v) is 27.2. The van der Waals surface area contributed by atoms with Crippen LogP contribution in [0.2, 0.25) is 0 Å². The van der Waals surface area contributed by atoms with Crippen molar-refractivity contribution in [3.63, 3.8) is 0 Å². The number of carbonyl (C=O) groups excluding carboxylic acids is 3. The molecule has 1 aliphatic rings. The van der Waals surface area contributed by atoms with E-state index in [-0.39, 0.29) is 89.9 Å². The van der Waals surface area contributed by atoms with Crippen LogP contribution >= 0.6 is 0 Å². The van der Waals surface area contributed by atoms with Crippen LogP contribution in [0, 0.1) is 23.3 Å². The van der Waals surface area contributed by atoms with Crippen molar-refractivity contribution in [3.05, 3.63) is 70.8 Å². The molecule has 1 aromatic heterocycles. The third-order valence-electron chi connectivity index (χ3n) is 10.7. The van der Waals surface area contributed by atoms with Crippen LogP contribution in [-0.4, -0.2) is 209 Å². The molecular weight excluding hydrogens is 1110 g/mol. The van der Waals surface area contributed by atoms with Crippen LogP contribution in [0.3, 0.4) is 0 Å². The number of esters is 1. The molecule has 30 heteroatoms. The van der Waals surface area contributed by atoms with Crippen molar-refractivity contribution in [2.24, 2.45) is 10.7 Å². The Labute approximate surface area is 465 Å². The minimum atomic E-state index is -5.65. The second-order valence-corrected chi connectivity index (χ2v) is 18.2. The van der Waals surface area contributed by atoms with Gasteiger partial charge in [0, 0.05) is 48.5 Å². The first-order valence-electron chi connectivity index (χ1n) is 25.8. The summed E-state index contributed by atoms with van der Waals surface area (Å²) >= 11 is 0. The van der Waals surface area contributed by atoms with E-state index < -0.39 is 56.4 Å². The predicted octanol–water partition coefficient (Wildman–Crippen LogP) is 3.05. The summed E-state index contributed by atoms with van der Waals surface area (Å²) in [5, 5.41) is 13.2. The zero-order valence-corrected chi connectivity index (χ0v) is 45.7. The number of hydrogen-bond acceptors (Lipinski definition) is 22. The number of nitrogens with two attached hydrogens (primary N) is 1. The number of aliphatic hydroxyl groups excluding tert-OH is 1. The Morgan fingerprint density at radius 3 is 1.56 bits per heavy atom. The van der Waals surface area contributed by atoms with Gasteiger partial charge in [-0.05, 0) is 24.1 Å². The number of ether oxygens (including phenoxy) is 11. The Bertz CT molecular complexity index is 2540. The Morgan fingerprint density at radius 2 is 1.11 bits per heavy atom. The monoisotopic (exact) mass is 1180 g/mol. The SMILES string of the molecule is CCCN(OCCO)C(=O)C1=Cc2ccc(-c3cnc(CNC(=O)CCOCCOCCOCCOCCOCCOCCOCCOCCOCCOCCC(=O)Oc4c(F)c(F)c(S(=O)(=O)O)c(F)c4F)nc3)cc2N=C(N)C1. The Kier molecular flexibility index (Phi) is 32.6. The number of aromatic nitrogens is 2. The average Bonchev–Trinajstić information content (AvgIpc) is 3.68. The Morgan fingerprint density at radius 1 is 0.654 bits per heavy atom. The highest BCUT2D eigenvalue weighted by Crippen LogP contribution is 2.34. The van der Waals surface area contributed by atoms with Crippen molar-refractivity contribution >= 4 is 45.5 Å². The molecule has 0 bridgehead atoms. The number of rotatable bonds is 44. The summed E-state index contributed by atoms with van der Waals surface area (Å²) in [6, 6.07) is 5.55. The van der Waals surface area contributed by atoms with Crippen molar-refractivity contribution in [3.8, 4) is 16.9 Å². The van der Waals surface area contributed by atoms with Gasteiger partial charge in [-0.2, -0.15) is 17.2 Å². The molecular formula is C51H70F4N6O19S. The number of nitrogens with one attached hydrogen (secondary N) is 1. The number of aliphatic imine (C=N–C) groups is 1. The lowest BCUT2D eigenvalue weighted by Gasteiger charge is -2.22. The first-order chi connectivity index (χ1) is 39.1. The van der Waals surface area contributed by atoms with E-state index >= 15 is 0 Å². The van der Waals surface area contributed by atoms with Crippen molar-refractivity contribution in [2.45, 2.75) is 44.0 Å². The maximum Gasteiger partial charge on any atom is 0.313 e. The molecule has 0 radical (unpaired) electrons. The number of amides is 2. The summed E-state index contributed by atoms with van der Waals surface area (Å²) in [6.07, 6.45) is 5.43. The smallest absolute Gasteiger partial charge is 0.313 e. The lowest BCUT2D eigenvalue weighted by Crippen LogP contribution is -2.35. The molecule has 0 aliphatic carbocycles. The fourth-order valence-corrected chi connectivity index (χ4v) is 7.41.